The number of likely N-dealkylation sites (N-methyl/N-ethyl adjacent to an activating group) is 1. The maximum absolute atomic E-state index is 13.6. The molecule has 3 atom stereocenters. The molecule has 0 saturated heterocycles. The van der Waals surface area contributed by atoms with E-state index in [4.69, 9.17) is 4.74 Å². The van der Waals surface area contributed by atoms with Crippen LogP contribution in [0.5, 0.6) is 5.75 Å². The molecule has 0 spiro atoms. The lowest BCUT2D eigenvalue weighted by Gasteiger charge is -2.37. The first kappa shape index (κ1) is 23.7. The summed E-state index contributed by atoms with van der Waals surface area (Å²) in [5.74, 6) is 0.230. The molecule has 0 unspecified atom stereocenters. The number of amides is 1. The van der Waals surface area contributed by atoms with Crippen molar-refractivity contribution < 1.29 is 23.1 Å². The Kier molecular flexibility index (Phi) is 6.74. The molecule has 1 fully saturated rings. The van der Waals surface area contributed by atoms with Gasteiger partial charge in [-0.15, -0.1) is 0 Å². The third-order valence-corrected chi connectivity index (χ3v) is 8.44. The van der Waals surface area contributed by atoms with E-state index in [9.17, 15) is 18.3 Å². The van der Waals surface area contributed by atoms with Crippen molar-refractivity contribution in [2.75, 3.05) is 26.7 Å². The second kappa shape index (κ2) is 9.40. The zero-order valence-corrected chi connectivity index (χ0v) is 20.0. The van der Waals surface area contributed by atoms with E-state index < -0.39 is 22.2 Å². The number of carbonyl (C=O) groups excluding carboxylic acids is 1. The van der Waals surface area contributed by atoms with Gasteiger partial charge in [-0.3, -0.25) is 9.78 Å². The third-order valence-electron chi connectivity index (χ3n) is 6.42. The second-order valence-corrected chi connectivity index (χ2v) is 11.0. The van der Waals surface area contributed by atoms with Crippen molar-refractivity contribution in [2.24, 2.45) is 11.8 Å². The molecule has 1 aliphatic heterocycles. The Morgan fingerprint density at radius 2 is 2.06 bits per heavy atom. The van der Waals surface area contributed by atoms with Gasteiger partial charge >= 0.3 is 0 Å². The lowest BCUT2D eigenvalue weighted by molar-refractivity contribution is -0.132. The molecule has 178 valence electrons. The van der Waals surface area contributed by atoms with Crippen LogP contribution in [0.25, 0.3) is 11.1 Å². The highest BCUT2D eigenvalue weighted by molar-refractivity contribution is 7.89. The van der Waals surface area contributed by atoms with Crippen LogP contribution < -0.4 is 4.74 Å². The molecule has 1 aromatic heterocycles. The molecule has 2 aliphatic rings. The molecule has 2 heterocycles. The summed E-state index contributed by atoms with van der Waals surface area (Å²) in [4.78, 5) is 18.5. The summed E-state index contributed by atoms with van der Waals surface area (Å²) in [6.45, 7) is 3.86. The predicted octanol–water partition coefficient (Wildman–Crippen LogP) is 2.39. The molecule has 0 radical (unpaired) electrons. The van der Waals surface area contributed by atoms with Gasteiger partial charge in [0.2, 0.25) is 15.9 Å². The van der Waals surface area contributed by atoms with Crippen LogP contribution in [0.1, 0.15) is 26.7 Å². The van der Waals surface area contributed by atoms with E-state index in [2.05, 4.69) is 4.98 Å². The fraction of sp³-hybridized carbons (Fsp3) is 0.500. The van der Waals surface area contributed by atoms with Crippen molar-refractivity contribution >= 4 is 15.9 Å². The molecule has 33 heavy (non-hydrogen) atoms. The summed E-state index contributed by atoms with van der Waals surface area (Å²) < 4.78 is 34.8. The summed E-state index contributed by atoms with van der Waals surface area (Å²) >= 11 is 0. The van der Waals surface area contributed by atoms with E-state index in [0.717, 1.165) is 24.0 Å². The molecule has 1 amide bonds. The largest absolute Gasteiger partial charge is 0.487 e. The first-order valence-electron chi connectivity index (χ1n) is 11.3. The Morgan fingerprint density at radius 1 is 1.30 bits per heavy atom. The number of hydrogen-bond acceptors (Lipinski definition) is 6. The summed E-state index contributed by atoms with van der Waals surface area (Å²) in [7, 11) is -2.13. The second-order valence-electron chi connectivity index (χ2n) is 9.14. The highest BCUT2D eigenvalue weighted by Crippen LogP contribution is 2.37. The van der Waals surface area contributed by atoms with Crippen LogP contribution in [0.3, 0.4) is 0 Å². The first-order valence-corrected chi connectivity index (χ1v) is 12.7. The fourth-order valence-corrected chi connectivity index (χ4v) is 5.98. The molecule has 1 N–H and O–H groups in total. The van der Waals surface area contributed by atoms with Crippen molar-refractivity contribution in [3.05, 3.63) is 42.7 Å². The van der Waals surface area contributed by atoms with Gasteiger partial charge in [0, 0.05) is 49.4 Å². The molecule has 0 bridgehead atoms. The van der Waals surface area contributed by atoms with E-state index in [1.54, 1.807) is 49.5 Å². The molecule has 4 rings (SSSR count). The number of aliphatic hydroxyl groups is 1. The van der Waals surface area contributed by atoms with Crippen LogP contribution in [0.4, 0.5) is 0 Å². The highest BCUT2D eigenvalue weighted by atomic mass is 32.2. The standard InChI is InChI=1S/C24H31N3O5S/c1-16-13-27(17(2)15-28)33(30,31)23-9-8-19(20-5-4-10-25-12-20)11-21(23)32-22(16)14-26(3)24(29)18-6-7-18/h4-5,8-12,16-18,22,28H,6-7,13-15H2,1-3H3/t16-,17+,22-/m1/s1. The average Bonchev–Trinajstić information content (AvgIpc) is 3.66. The number of benzene rings is 1. The van der Waals surface area contributed by atoms with Crippen LogP contribution >= 0.6 is 0 Å². The normalized spacial score (nSPS) is 23.5. The fourth-order valence-electron chi connectivity index (χ4n) is 4.16. The van der Waals surface area contributed by atoms with Crippen molar-refractivity contribution in [3.63, 3.8) is 0 Å². The van der Waals surface area contributed by atoms with Gasteiger partial charge in [-0.25, -0.2) is 8.42 Å². The minimum Gasteiger partial charge on any atom is -0.487 e. The molecular weight excluding hydrogens is 442 g/mol. The predicted molar refractivity (Wildman–Crippen MR) is 124 cm³/mol. The third kappa shape index (κ3) is 4.90. The molecular formula is C24H31N3O5S. The number of pyridine rings is 1. The maximum Gasteiger partial charge on any atom is 0.247 e. The Bertz CT molecular complexity index is 1100. The van der Waals surface area contributed by atoms with Gasteiger partial charge < -0.3 is 14.7 Å². The lowest BCUT2D eigenvalue weighted by Crippen LogP contribution is -2.50. The lowest BCUT2D eigenvalue weighted by atomic mass is 10.0. The number of sulfonamides is 1. The van der Waals surface area contributed by atoms with E-state index in [1.165, 1.54) is 4.31 Å². The van der Waals surface area contributed by atoms with Crippen molar-refractivity contribution in [1.29, 1.82) is 0 Å². The Balaban J connectivity index is 1.76. The summed E-state index contributed by atoms with van der Waals surface area (Å²) in [6.07, 6.45) is 4.81. The number of aromatic nitrogens is 1. The topological polar surface area (TPSA) is 100 Å². The number of hydrogen-bond donors (Lipinski definition) is 1. The van der Waals surface area contributed by atoms with Crippen LogP contribution in [0, 0.1) is 11.8 Å². The number of aliphatic hydroxyl groups excluding tert-OH is 1. The summed E-state index contributed by atoms with van der Waals surface area (Å²) in [5, 5.41) is 9.76. The van der Waals surface area contributed by atoms with Gasteiger partial charge in [0.05, 0.1) is 13.2 Å². The quantitative estimate of drug-likeness (QED) is 0.692. The van der Waals surface area contributed by atoms with E-state index >= 15 is 0 Å². The van der Waals surface area contributed by atoms with Gasteiger partial charge in [0.25, 0.3) is 0 Å². The maximum atomic E-state index is 13.6. The van der Waals surface area contributed by atoms with Crippen LogP contribution in [0.15, 0.2) is 47.6 Å². The summed E-state index contributed by atoms with van der Waals surface area (Å²) in [5.41, 5.74) is 1.63. The Morgan fingerprint density at radius 3 is 2.70 bits per heavy atom. The number of nitrogens with zero attached hydrogens (tertiary/aromatic N) is 3. The SMILES string of the molecule is C[C@@H]1CN([C@@H](C)CO)S(=O)(=O)c2ccc(-c3cccnc3)cc2O[C@@H]1CN(C)C(=O)C1CC1. The number of fused-ring (bicyclic) bond motifs is 1. The average molecular weight is 474 g/mol. The van der Waals surface area contributed by atoms with E-state index in [0.29, 0.717) is 6.54 Å². The van der Waals surface area contributed by atoms with Gasteiger partial charge in [-0.05, 0) is 43.5 Å². The van der Waals surface area contributed by atoms with Crippen LogP contribution in [0.2, 0.25) is 0 Å². The molecule has 1 saturated carbocycles. The van der Waals surface area contributed by atoms with Crippen LogP contribution in [-0.2, 0) is 14.8 Å². The first-order chi connectivity index (χ1) is 15.7. The molecule has 1 aromatic carbocycles. The Labute approximate surface area is 195 Å². The van der Waals surface area contributed by atoms with Crippen LogP contribution in [-0.4, -0.2) is 72.5 Å². The number of ether oxygens (including phenoxy) is 1. The zero-order valence-electron chi connectivity index (χ0n) is 19.2. The summed E-state index contributed by atoms with van der Waals surface area (Å²) in [6, 6.07) is 8.14. The minimum absolute atomic E-state index is 0.0588. The minimum atomic E-state index is -3.91. The van der Waals surface area contributed by atoms with Crippen molar-refractivity contribution in [3.8, 4) is 16.9 Å². The van der Waals surface area contributed by atoms with Crippen molar-refractivity contribution in [1.82, 2.24) is 14.2 Å². The van der Waals surface area contributed by atoms with Crippen molar-refractivity contribution in [2.45, 2.75) is 43.7 Å². The van der Waals surface area contributed by atoms with Gasteiger partial charge in [-0.2, -0.15) is 4.31 Å². The Hall–Kier alpha value is -2.49. The monoisotopic (exact) mass is 473 g/mol. The smallest absolute Gasteiger partial charge is 0.247 e. The van der Waals surface area contributed by atoms with E-state index in [1.807, 2.05) is 19.1 Å². The molecule has 9 heteroatoms. The zero-order chi connectivity index (χ0) is 23.8. The number of rotatable bonds is 6. The van der Waals surface area contributed by atoms with Gasteiger partial charge in [0.1, 0.15) is 16.7 Å². The van der Waals surface area contributed by atoms with E-state index in [-0.39, 0.29) is 41.5 Å². The molecule has 1 aliphatic carbocycles. The molecule has 8 nitrogen and oxygen atoms in total. The highest BCUT2D eigenvalue weighted by Gasteiger charge is 2.39. The number of carbonyl (C=O) groups is 1. The van der Waals surface area contributed by atoms with Gasteiger partial charge in [-0.1, -0.05) is 19.1 Å². The molecule has 2 aromatic rings. The van der Waals surface area contributed by atoms with Gasteiger partial charge in [0.15, 0.2) is 0 Å².